The molecule has 0 saturated heterocycles. The van der Waals surface area contributed by atoms with Crippen LogP contribution in [0.3, 0.4) is 0 Å². The first-order valence-electron chi connectivity index (χ1n) is 8.91. The molecule has 0 aliphatic carbocycles. The minimum atomic E-state index is -3.33. The zero-order chi connectivity index (χ0) is 20.1. The van der Waals surface area contributed by atoms with Crippen molar-refractivity contribution in [3.05, 3.63) is 72.1 Å². The maximum absolute atomic E-state index is 12.4. The highest BCUT2D eigenvalue weighted by Gasteiger charge is 2.10. The van der Waals surface area contributed by atoms with E-state index in [0.29, 0.717) is 23.4 Å². The smallest absolute Gasteiger partial charge is 0.255 e. The van der Waals surface area contributed by atoms with Crippen molar-refractivity contribution in [3.63, 3.8) is 0 Å². The van der Waals surface area contributed by atoms with Crippen LogP contribution in [0, 0.1) is 6.92 Å². The number of carbonyl (C=O) groups excluding carboxylic acids is 1. The third kappa shape index (κ3) is 4.77. The van der Waals surface area contributed by atoms with Gasteiger partial charge in [0.1, 0.15) is 0 Å². The molecule has 2 N–H and O–H groups in total. The van der Waals surface area contributed by atoms with E-state index in [0.717, 1.165) is 11.4 Å². The Morgan fingerprint density at radius 3 is 2.21 bits per heavy atom. The van der Waals surface area contributed by atoms with Crippen LogP contribution in [0.4, 0.5) is 11.4 Å². The number of benzene rings is 2. The first-order valence-corrected chi connectivity index (χ1v) is 10.6. The Morgan fingerprint density at radius 2 is 1.64 bits per heavy atom. The lowest BCUT2D eigenvalue weighted by atomic mass is 10.2. The van der Waals surface area contributed by atoms with Gasteiger partial charge in [0.2, 0.25) is 10.0 Å². The normalized spacial score (nSPS) is 11.2. The van der Waals surface area contributed by atoms with Crippen LogP contribution in [0.25, 0.3) is 5.69 Å². The monoisotopic (exact) mass is 398 g/mol. The molecule has 0 radical (unpaired) electrons. The molecule has 0 fully saturated rings. The summed E-state index contributed by atoms with van der Waals surface area (Å²) in [5.74, 6) is -0.178. The third-order valence-electron chi connectivity index (χ3n) is 4.10. The lowest BCUT2D eigenvalue weighted by Gasteiger charge is -2.10. The zero-order valence-electron chi connectivity index (χ0n) is 15.7. The van der Waals surface area contributed by atoms with Crippen molar-refractivity contribution >= 4 is 27.3 Å². The van der Waals surface area contributed by atoms with Crippen molar-refractivity contribution in [3.8, 4) is 5.69 Å². The molecular weight excluding hydrogens is 376 g/mol. The van der Waals surface area contributed by atoms with Crippen LogP contribution < -0.4 is 10.0 Å². The van der Waals surface area contributed by atoms with Crippen LogP contribution in [-0.2, 0) is 10.0 Å². The van der Waals surface area contributed by atoms with E-state index in [9.17, 15) is 13.2 Å². The van der Waals surface area contributed by atoms with Crippen LogP contribution >= 0.6 is 0 Å². The van der Waals surface area contributed by atoms with Gasteiger partial charge in [-0.2, -0.15) is 5.10 Å². The maximum Gasteiger partial charge on any atom is 0.255 e. The number of nitrogens with zero attached hydrogens (tertiary/aromatic N) is 2. The van der Waals surface area contributed by atoms with Crippen molar-refractivity contribution < 1.29 is 13.2 Å². The van der Waals surface area contributed by atoms with E-state index >= 15 is 0 Å². The van der Waals surface area contributed by atoms with Crippen LogP contribution in [-0.4, -0.2) is 29.9 Å². The van der Waals surface area contributed by atoms with Crippen LogP contribution in [0.15, 0.2) is 60.8 Å². The molecule has 0 spiro atoms. The average molecular weight is 398 g/mol. The molecule has 1 aromatic heterocycles. The Labute approximate surface area is 164 Å². The minimum absolute atomic E-state index is 0.0690. The van der Waals surface area contributed by atoms with Crippen LogP contribution in [0.2, 0.25) is 0 Å². The number of aryl methyl sites for hydroxylation is 1. The van der Waals surface area contributed by atoms with Gasteiger partial charge in [0.15, 0.2) is 0 Å². The van der Waals surface area contributed by atoms with Crippen molar-refractivity contribution in [2.45, 2.75) is 20.3 Å². The third-order valence-corrected chi connectivity index (χ3v) is 5.59. The van der Waals surface area contributed by atoms with E-state index in [4.69, 9.17) is 0 Å². The number of rotatable bonds is 7. The second kappa shape index (κ2) is 8.26. The van der Waals surface area contributed by atoms with Gasteiger partial charge in [-0.05, 0) is 67.9 Å². The number of aromatic nitrogens is 2. The highest BCUT2D eigenvalue weighted by Crippen LogP contribution is 2.17. The fourth-order valence-electron chi connectivity index (χ4n) is 2.72. The first kappa shape index (κ1) is 19.6. The molecule has 3 rings (SSSR count). The molecule has 8 heteroatoms. The molecule has 7 nitrogen and oxygen atoms in total. The van der Waals surface area contributed by atoms with Gasteiger partial charge in [-0.25, -0.2) is 13.1 Å². The summed E-state index contributed by atoms with van der Waals surface area (Å²) in [7, 11) is -3.33. The number of carbonyl (C=O) groups is 1. The van der Waals surface area contributed by atoms with Gasteiger partial charge >= 0.3 is 0 Å². The molecule has 3 aromatic rings. The molecule has 0 saturated carbocycles. The zero-order valence-corrected chi connectivity index (χ0v) is 16.5. The highest BCUT2D eigenvalue weighted by molar-refractivity contribution is 7.92. The molecule has 0 atom stereocenters. The van der Waals surface area contributed by atoms with E-state index in [1.165, 1.54) is 0 Å². The summed E-state index contributed by atoms with van der Waals surface area (Å²) in [6.45, 7) is 3.76. The molecule has 0 aliphatic heterocycles. The Kier molecular flexibility index (Phi) is 5.79. The molecule has 0 unspecified atom stereocenters. The van der Waals surface area contributed by atoms with Gasteiger partial charge in [-0.3, -0.25) is 9.52 Å². The molecule has 2 aromatic carbocycles. The number of sulfonamides is 1. The summed E-state index contributed by atoms with van der Waals surface area (Å²) in [4.78, 5) is 12.4. The lowest BCUT2D eigenvalue weighted by molar-refractivity contribution is 0.102. The second-order valence-electron chi connectivity index (χ2n) is 6.38. The predicted octanol–water partition coefficient (Wildman–Crippen LogP) is 3.58. The summed E-state index contributed by atoms with van der Waals surface area (Å²) in [5, 5.41) is 7.04. The molecule has 1 amide bonds. The summed E-state index contributed by atoms with van der Waals surface area (Å²) in [5.41, 5.74) is 3.44. The average Bonchev–Trinajstić information content (AvgIpc) is 3.09. The Balaban J connectivity index is 1.65. The van der Waals surface area contributed by atoms with E-state index in [2.05, 4.69) is 15.1 Å². The second-order valence-corrected chi connectivity index (χ2v) is 8.23. The molecule has 0 bridgehead atoms. The van der Waals surface area contributed by atoms with Gasteiger partial charge in [0.05, 0.1) is 11.4 Å². The molecule has 1 heterocycles. The van der Waals surface area contributed by atoms with Crippen LogP contribution in [0.5, 0.6) is 0 Å². The van der Waals surface area contributed by atoms with Gasteiger partial charge in [0.25, 0.3) is 5.91 Å². The summed E-state index contributed by atoms with van der Waals surface area (Å²) >= 11 is 0. The quantitative estimate of drug-likeness (QED) is 0.636. The number of hydrogen-bond acceptors (Lipinski definition) is 4. The number of hydrogen-bond donors (Lipinski definition) is 2. The van der Waals surface area contributed by atoms with E-state index < -0.39 is 10.0 Å². The van der Waals surface area contributed by atoms with Crippen molar-refractivity contribution in [1.82, 2.24) is 9.78 Å². The van der Waals surface area contributed by atoms with Crippen LogP contribution in [0.1, 0.15) is 29.4 Å². The fraction of sp³-hybridized carbons (Fsp3) is 0.200. The first-order chi connectivity index (χ1) is 13.4. The SMILES string of the molecule is CCCS(=O)(=O)Nc1ccc(NC(=O)c2ccc(-n3nccc3C)cc2)cc1. The number of nitrogens with one attached hydrogen (secondary N) is 2. The Morgan fingerprint density at radius 1 is 1.00 bits per heavy atom. The predicted molar refractivity (Wildman–Crippen MR) is 110 cm³/mol. The fourth-order valence-corrected chi connectivity index (χ4v) is 3.85. The van der Waals surface area contributed by atoms with Crippen molar-refractivity contribution in [2.24, 2.45) is 0 Å². The molecule has 28 heavy (non-hydrogen) atoms. The molecule has 0 aliphatic rings. The minimum Gasteiger partial charge on any atom is -0.322 e. The summed E-state index contributed by atoms with van der Waals surface area (Å²) in [6, 6.07) is 15.6. The van der Waals surface area contributed by atoms with Gasteiger partial charge in [-0.15, -0.1) is 0 Å². The van der Waals surface area contributed by atoms with E-state index in [-0.39, 0.29) is 11.7 Å². The summed E-state index contributed by atoms with van der Waals surface area (Å²) < 4.78 is 27.9. The van der Waals surface area contributed by atoms with E-state index in [1.54, 1.807) is 54.2 Å². The topological polar surface area (TPSA) is 93.1 Å². The number of amides is 1. The molecule has 146 valence electrons. The van der Waals surface area contributed by atoms with Gasteiger partial charge in [0, 0.05) is 28.8 Å². The lowest BCUT2D eigenvalue weighted by Crippen LogP contribution is -2.16. The van der Waals surface area contributed by atoms with Gasteiger partial charge < -0.3 is 5.32 Å². The standard InChI is InChI=1S/C20H22N4O3S/c1-3-14-28(26,27)23-18-8-6-17(7-9-18)22-20(25)16-4-10-19(11-5-16)24-15(2)12-13-21-24/h4-13,23H,3,14H2,1-2H3,(H,22,25). The van der Waals surface area contributed by atoms with Crippen molar-refractivity contribution in [1.29, 1.82) is 0 Å². The maximum atomic E-state index is 12.4. The molecular formula is C20H22N4O3S. The Bertz CT molecular complexity index is 1060. The number of anilines is 2. The van der Waals surface area contributed by atoms with E-state index in [1.807, 2.05) is 25.1 Å². The largest absolute Gasteiger partial charge is 0.322 e. The van der Waals surface area contributed by atoms with Crippen molar-refractivity contribution in [2.75, 3.05) is 15.8 Å². The summed E-state index contributed by atoms with van der Waals surface area (Å²) in [6.07, 6.45) is 2.27. The Hall–Kier alpha value is -3.13. The van der Waals surface area contributed by atoms with Gasteiger partial charge in [-0.1, -0.05) is 6.92 Å². The highest BCUT2D eigenvalue weighted by atomic mass is 32.2.